The number of ether oxygens (including phenoxy) is 2. The summed E-state index contributed by atoms with van der Waals surface area (Å²) in [5.41, 5.74) is 1.57. The number of carbonyl (C=O) groups excluding carboxylic acids is 2. The summed E-state index contributed by atoms with van der Waals surface area (Å²) < 4.78 is 12.1. The predicted molar refractivity (Wildman–Crippen MR) is 125 cm³/mol. The first-order valence-corrected chi connectivity index (χ1v) is 11.4. The molecule has 0 fully saturated rings. The van der Waals surface area contributed by atoms with Crippen LogP contribution in [0.15, 0.2) is 52.6 Å². The van der Waals surface area contributed by atoms with Crippen molar-refractivity contribution in [2.45, 2.75) is 19.5 Å². The fourth-order valence-electron chi connectivity index (χ4n) is 3.93. The molecule has 2 aromatic heterocycles. The molecule has 4 rings (SSSR count). The van der Waals surface area contributed by atoms with E-state index in [1.54, 1.807) is 22.6 Å². The van der Waals surface area contributed by atoms with E-state index in [1.807, 2.05) is 35.7 Å². The van der Waals surface area contributed by atoms with Crippen LogP contribution >= 0.6 is 11.3 Å². The number of methoxy groups -OCH3 is 2. The maximum absolute atomic E-state index is 13.2. The van der Waals surface area contributed by atoms with Crippen LogP contribution in [0.2, 0.25) is 0 Å². The van der Waals surface area contributed by atoms with Crippen LogP contribution in [0, 0.1) is 0 Å². The molecule has 1 N–H and O–H groups in total. The van der Waals surface area contributed by atoms with Crippen molar-refractivity contribution in [3.8, 4) is 11.5 Å². The van der Waals surface area contributed by atoms with E-state index in [1.165, 1.54) is 24.5 Å². The number of hydrogen-bond donors (Lipinski definition) is 1. The monoisotopic (exact) mass is 467 g/mol. The van der Waals surface area contributed by atoms with Crippen molar-refractivity contribution >= 4 is 23.2 Å². The molecule has 0 spiro atoms. The zero-order chi connectivity index (χ0) is 23.4. The Labute approximate surface area is 195 Å². The number of fused-ring (bicyclic) bond motifs is 1. The molecule has 3 aromatic rings. The van der Waals surface area contributed by atoms with Gasteiger partial charge in [-0.2, -0.15) is 0 Å². The van der Waals surface area contributed by atoms with E-state index >= 15 is 0 Å². The highest BCUT2D eigenvalue weighted by molar-refractivity contribution is 7.12. The molecule has 8 nitrogen and oxygen atoms in total. The molecule has 0 saturated heterocycles. The summed E-state index contributed by atoms with van der Waals surface area (Å²) >= 11 is 1.39. The van der Waals surface area contributed by atoms with Crippen LogP contribution in [0.25, 0.3) is 0 Å². The molecule has 172 valence electrons. The minimum Gasteiger partial charge on any atom is -0.497 e. The Morgan fingerprint density at radius 3 is 2.52 bits per heavy atom. The molecule has 0 aliphatic carbocycles. The van der Waals surface area contributed by atoms with Gasteiger partial charge in [0.2, 0.25) is 0 Å². The minimum absolute atomic E-state index is 0.0664. The number of benzene rings is 1. The van der Waals surface area contributed by atoms with Crippen molar-refractivity contribution in [1.82, 2.24) is 14.8 Å². The highest BCUT2D eigenvalue weighted by Gasteiger charge is 2.27. The highest BCUT2D eigenvalue weighted by atomic mass is 32.1. The van der Waals surface area contributed by atoms with Crippen molar-refractivity contribution in [1.29, 1.82) is 0 Å². The van der Waals surface area contributed by atoms with E-state index < -0.39 is 0 Å². The molecule has 0 saturated carbocycles. The number of amides is 2. The third-order valence-corrected chi connectivity index (χ3v) is 6.53. The van der Waals surface area contributed by atoms with Crippen molar-refractivity contribution in [2.24, 2.45) is 0 Å². The summed E-state index contributed by atoms with van der Waals surface area (Å²) in [5, 5.41) is 4.78. The Morgan fingerprint density at radius 2 is 1.85 bits per heavy atom. The lowest BCUT2D eigenvalue weighted by Crippen LogP contribution is -2.33. The molecule has 1 aromatic carbocycles. The molecule has 0 bridgehead atoms. The van der Waals surface area contributed by atoms with E-state index in [9.17, 15) is 14.4 Å². The number of pyridine rings is 1. The van der Waals surface area contributed by atoms with Gasteiger partial charge < -0.3 is 24.3 Å². The highest BCUT2D eigenvalue weighted by Crippen LogP contribution is 2.24. The van der Waals surface area contributed by atoms with Gasteiger partial charge in [0, 0.05) is 44.4 Å². The normalized spacial score (nSPS) is 13.1. The second-order valence-electron chi connectivity index (χ2n) is 7.57. The lowest BCUT2D eigenvalue weighted by atomic mass is 10.1. The van der Waals surface area contributed by atoms with Gasteiger partial charge in [0.15, 0.2) is 0 Å². The fraction of sp³-hybridized carbons (Fsp3) is 0.292. The van der Waals surface area contributed by atoms with Gasteiger partial charge in [-0.05, 0) is 29.1 Å². The molecule has 0 atom stereocenters. The lowest BCUT2D eigenvalue weighted by molar-refractivity contribution is 0.0764. The van der Waals surface area contributed by atoms with E-state index in [2.05, 4.69) is 5.32 Å². The first-order chi connectivity index (χ1) is 16.0. The van der Waals surface area contributed by atoms with Crippen LogP contribution < -0.4 is 20.3 Å². The van der Waals surface area contributed by atoms with Crippen LogP contribution in [0.5, 0.6) is 11.5 Å². The summed E-state index contributed by atoms with van der Waals surface area (Å²) in [6.07, 6.45) is 0.370. The number of thiophene rings is 1. The number of hydrogen-bond acceptors (Lipinski definition) is 6. The van der Waals surface area contributed by atoms with Gasteiger partial charge in [-0.25, -0.2) is 0 Å². The smallest absolute Gasteiger partial charge is 0.263 e. The maximum Gasteiger partial charge on any atom is 0.263 e. The topological polar surface area (TPSA) is 89.9 Å². The fourth-order valence-corrected chi connectivity index (χ4v) is 4.62. The van der Waals surface area contributed by atoms with E-state index in [0.29, 0.717) is 48.7 Å². The van der Waals surface area contributed by atoms with Crippen molar-refractivity contribution in [3.63, 3.8) is 0 Å². The quantitative estimate of drug-likeness (QED) is 0.602. The van der Waals surface area contributed by atoms with Gasteiger partial charge in [-0.3, -0.25) is 14.4 Å². The van der Waals surface area contributed by atoms with Crippen LogP contribution in [-0.2, 0) is 19.5 Å². The molecule has 0 unspecified atom stereocenters. The van der Waals surface area contributed by atoms with Crippen LogP contribution in [0.1, 0.15) is 31.3 Å². The number of carbonyl (C=O) groups is 2. The molecular formula is C24H25N3O5S. The molecule has 2 amide bonds. The van der Waals surface area contributed by atoms with Gasteiger partial charge in [-0.1, -0.05) is 18.2 Å². The Hall–Kier alpha value is -3.59. The Bertz CT molecular complexity index is 1200. The van der Waals surface area contributed by atoms with E-state index in [4.69, 9.17) is 9.47 Å². The first kappa shape index (κ1) is 22.6. The summed E-state index contributed by atoms with van der Waals surface area (Å²) in [7, 11) is 3.04. The molecule has 1 aliphatic heterocycles. The first-order valence-electron chi connectivity index (χ1n) is 10.6. The van der Waals surface area contributed by atoms with E-state index in [0.717, 1.165) is 11.3 Å². The molecule has 0 radical (unpaired) electrons. The number of aromatic nitrogens is 1. The summed E-state index contributed by atoms with van der Waals surface area (Å²) in [4.78, 5) is 41.2. The van der Waals surface area contributed by atoms with E-state index in [-0.39, 0.29) is 23.1 Å². The van der Waals surface area contributed by atoms with Gasteiger partial charge in [0.1, 0.15) is 17.1 Å². The number of nitrogens with one attached hydrogen (secondary N) is 1. The minimum atomic E-state index is -0.329. The maximum atomic E-state index is 13.2. The molecule has 1 aliphatic rings. The molecule has 3 heterocycles. The average molecular weight is 468 g/mol. The summed E-state index contributed by atoms with van der Waals surface area (Å²) in [5.74, 6) is 0.574. The van der Waals surface area contributed by atoms with Crippen molar-refractivity contribution < 1.29 is 19.1 Å². The Morgan fingerprint density at radius 1 is 1.06 bits per heavy atom. The van der Waals surface area contributed by atoms with Crippen LogP contribution in [0.3, 0.4) is 0 Å². The summed E-state index contributed by atoms with van der Waals surface area (Å²) in [6.45, 7) is 1.42. The van der Waals surface area contributed by atoms with Crippen LogP contribution in [0.4, 0.5) is 0 Å². The largest absolute Gasteiger partial charge is 0.497 e. The number of nitrogens with zero attached hydrogens (tertiary/aromatic N) is 2. The third kappa shape index (κ3) is 4.78. The molecule has 9 heteroatoms. The predicted octanol–water partition coefficient (Wildman–Crippen LogP) is 2.56. The van der Waals surface area contributed by atoms with Crippen molar-refractivity contribution in [3.05, 3.63) is 79.9 Å². The average Bonchev–Trinajstić information content (AvgIpc) is 3.29. The van der Waals surface area contributed by atoms with Gasteiger partial charge in [-0.15, -0.1) is 11.3 Å². The van der Waals surface area contributed by atoms with Crippen LogP contribution in [-0.4, -0.2) is 48.6 Å². The van der Waals surface area contributed by atoms with Gasteiger partial charge >= 0.3 is 0 Å². The standard InChI is InChI=1S/C24H25N3O5S/c1-31-17-7-5-16(6-8-17)15-25-23(29)22-18-9-10-26(24(30)20-4-3-13-33-20)11-12-27(18)21(28)14-19(22)32-2/h3-8,13-14H,9-12,15H2,1-2H3,(H,25,29). The second-order valence-corrected chi connectivity index (χ2v) is 8.52. The molecule has 33 heavy (non-hydrogen) atoms. The second kappa shape index (κ2) is 9.91. The third-order valence-electron chi connectivity index (χ3n) is 5.67. The zero-order valence-electron chi connectivity index (χ0n) is 18.5. The SMILES string of the molecule is COc1ccc(CNC(=O)c2c(OC)cc(=O)n3c2CCN(C(=O)c2cccs2)CC3)cc1. The Balaban J connectivity index is 1.58. The number of rotatable bonds is 6. The van der Waals surface area contributed by atoms with Gasteiger partial charge in [0.05, 0.1) is 19.1 Å². The summed E-state index contributed by atoms with van der Waals surface area (Å²) in [6, 6.07) is 12.4. The molecular weight excluding hydrogens is 442 g/mol. The lowest BCUT2D eigenvalue weighted by Gasteiger charge is -2.18. The van der Waals surface area contributed by atoms with Crippen molar-refractivity contribution in [2.75, 3.05) is 27.3 Å². The van der Waals surface area contributed by atoms with Gasteiger partial charge in [0.25, 0.3) is 17.4 Å². The Kier molecular flexibility index (Phi) is 6.79. The zero-order valence-corrected chi connectivity index (χ0v) is 19.3.